The maximum atomic E-state index is 12.5. The molecule has 3 aromatic rings. The van der Waals surface area contributed by atoms with Crippen LogP contribution in [0.2, 0.25) is 0 Å². The van der Waals surface area contributed by atoms with Crippen molar-refractivity contribution in [3.05, 3.63) is 53.1 Å². The first-order valence-electron chi connectivity index (χ1n) is 9.70. The number of fused-ring (bicyclic) bond motifs is 1. The summed E-state index contributed by atoms with van der Waals surface area (Å²) in [7, 11) is 0. The molecule has 2 aromatic carbocycles. The molecule has 1 aliphatic rings. The minimum absolute atomic E-state index is 0.0102. The number of nitrogens with one attached hydrogen (secondary N) is 1. The maximum Gasteiger partial charge on any atom is 0.240 e. The molecule has 0 spiro atoms. The molecule has 2 heterocycles. The predicted octanol–water partition coefficient (Wildman–Crippen LogP) is 3.98. The van der Waals surface area contributed by atoms with E-state index in [0.717, 1.165) is 36.4 Å². The molecule has 0 atom stereocenters. The number of rotatable bonds is 4. The number of carbonyl (C=O) groups excluding carboxylic acids is 1. The molecule has 1 amide bonds. The van der Waals surface area contributed by atoms with Gasteiger partial charge in [0, 0.05) is 31.9 Å². The third-order valence-electron chi connectivity index (χ3n) is 5.45. The van der Waals surface area contributed by atoms with Gasteiger partial charge in [-0.1, -0.05) is 29.5 Å². The van der Waals surface area contributed by atoms with E-state index in [4.69, 9.17) is 0 Å². The summed E-state index contributed by atoms with van der Waals surface area (Å²) in [6, 6.07) is 12.6. The van der Waals surface area contributed by atoms with Crippen LogP contribution in [0.4, 0.5) is 10.8 Å². The summed E-state index contributed by atoms with van der Waals surface area (Å²) in [5, 5.41) is 3.65. The lowest BCUT2D eigenvalue weighted by molar-refractivity contribution is -0.117. The van der Waals surface area contributed by atoms with Gasteiger partial charge in [0.2, 0.25) is 5.91 Å². The zero-order valence-corrected chi connectivity index (χ0v) is 17.5. The third-order valence-corrected chi connectivity index (χ3v) is 6.38. The lowest BCUT2D eigenvalue weighted by Gasteiger charge is -2.36. The SMILES string of the molecule is Cc1ccc2nc(NC(=O)CN3CCN(c4cccc(C)c4C)CC3)sc2c1. The van der Waals surface area contributed by atoms with Gasteiger partial charge in [0.25, 0.3) is 0 Å². The van der Waals surface area contributed by atoms with Crippen molar-refractivity contribution >= 4 is 38.3 Å². The van der Waals surface area contributed by atoms with E-state index in [1.165, 1.54) is 33.7 Å². The number of aromatic nitrogens is 1. The summed E-state index contributed by atoms with van der Waals surface area (Å²) in [5.41, 5.74) is 6.13. The summed E-state index contributed by atoms with van der Waals surface area (Å²) in [5.74, 6) is 0.0102. The Morgan fingerprint density at radius 3 is 2.68 bits per heavy atom. The molecule has 0 bridgehead atoms. The predicted molar refractivity (Wildman–Crippen MR) is 118 cm³/mol. The normalized spacial score (nSPS) is 15.2. The van der Waals surface area contributed by atoms with E-state index in [-0.39, 0.29) is 5.91 Å². The van der Waals surface area contributed by atoms with E-state index in [1.807, 2.05) is 12.1 Å². The molecular weight excluding hydrogens is 368 g/mol. The van der Waals surface area contributed by atoms with Gasteiger partial charge in [-0.15, -0.1) is 0 Å². The topological polar surface area (TPSA) is 48.5 Å². The molecular formula is C22H26N4OS. The fourth-order valence-electron chi connectivity index (χ4n) is 3.67. The Morgan fingerprint density at radius 1 is 1.11 bits per heavy atom. The number of anilines is 2. The number of carbonyl (C=O) groups is 1. The number of hydrogen-bond donors (Lipinski definition) is 1. The smallest absolute Gasteiger partial charge is 0.240 e. The van der Waals surface area contributed by atoms with Gasteiger partial charge in [-0.3, -0.25) is 9.69 Å². The highest BCUT2D eigenvalue weighted by Gasteiger charge is 2.21. The van der Waals surface area contributed by atoms with Crippen LogP contribution in [0.25, 0.3) is 10.2 Å². The number of amides is 1. The fourth-order valence-corrected chi connectivity index (χ4v) is 4.65. The highest BCUT2D eigenvalue weighted by Crippen LogP contribution is 2.27. The first-order valence-corrected chi connectivity index (χ1v) is 10.5. The molecule has 1 fully saturated rings. The van der Waals surface area contributed by atoms with Crippen LogP contribution in [0.3, 0.4) is 0 Å². The molecule has 1 saturated heterocycles. The van der Waals surface area contributed by atoms with Crippen LogP contribution in [-0.4, -0.2) is 48.5 Å². The summed E-state index contributed by atoms with van der Waals surface area (Å²) in [6.07, 6.45) is 0. The van der Waals surface area contributed by atoms with Crippen molar-refractivity contribution < 1.29 is 4.79 Å². The molecule has 1 aromatic heterocycles. The fraction of sp³-hybridized carbons (Fsp3) is 0.364. The molecule has 0 radical (unpaired) electrons. The molecule has 28 heavy (non-hydrogen) atoms. The van der Waals surface area contributed by atoms with Crippen molar-refractivity contribution in [3.8, 4) is 0 Å². The molecule has 1 N–H and O–H groups in total. The number of benzene rings is 2. The Morgan fingerprint density at radius 2 is 1.89 bits per heavy atom. The van der Waals surface area contributed by atoms with Crippen molar-refractivity contribution in [2.45, 2.75) is 20.8 Å². The summed E-state index contributed by atoms with van der Waals surface area (Å²) < 4.78 is 1.11. The standard InChI is InChI=1S/C22H26N4OS/c1-15-7-8-18-20(13-15)28-22(23-18)24-21(27)14-25-9-11-26(12-10-25)19-6-4-5-16(2)17(19)3/h4-8,13H,9-12,14H2,1-3H3,(H,23,24,27). The molecule has 0 unspecified atom stereocenters. The Bertz CT molecular complexity index is 1000. The molecule has 6 heteroatoms. The van der Waals surface area contributed by atoms with Crippen molar-refractivity contribution in [1.82, 2.24) is 9.88 Å². The molecule has 5 nitrogen and oxygen atoms in total. The number of hydrogen-bond acceptors (Lipinski definition) is 5. The lowest BCUT2D eigenvalue weighted by atomic mass is 10.1. The van der Waals surface area contributed by atoms with E-state index in [1.54, 1.807) is 0 Å². The Balaban J connectivity index is 1.32. The molecule has 146 valence electrons. The average Bonchev–Trinajstić information content (AvgIpc) is 3.06. The van der Waals surface area contributed by atoms with Crippen LogP contribution in [-0.2, 0) is 4.79 Å². The maximum absolute atomic E-state index is 12.5. The van der Waals surface area contributed by atoms with E-state index >= 15 is 0 Å². The van der Waals surface area contributed by atoms with Crippen molar-refractivity contribution in [1.29, 1.82) is 0 Å². The average molecular weight is 395 g/mol. The van der Waals surface area contributed by atoms with E-state index in [0.29, 0.717) is 11.7 Å². The number of nitrogens with zero attached hydrogens (tertiary/aromatic N) is 3. The van der Waals surface area contributed by atoms with Gasteiger partial charge in [-0.05, 0) is 55.7 Å². The van der Waals surface area contributed by atoms with Gasteiger partial charge in [0.05, 0.1) is 16.8 Å². The highest BCUT2D eigenvalue weighted by atomic mass is 32.1. The quantitative estimate of drug-likeness (QED) is 0.727. The summed E-state index contributed by atoms with van der Waals surface area (Å²) in [4.78, 5) is 21.6. The first kappa shape index (κ1) is 18.9. The van der Waals surface area contributed by atoms with Gasteiger partial charge >= 0.3 is 0 Å². The van der Waals surface area contributed by atoms with Crippen molar-refractivity contribution in [2.24, 2.45) is 0 Å². The number of piperazine rings is 1. The van der Waals surface area contributed by atoms with Crippen molar-refractivity contribution in [2.75, 3.05) is 42.9 Å². The number of aryl methyl sites for hydroxylation is 2. The zero-order chi connectivity index (χ0) is 19.7. The molecule has 0 saturated carbocycles. The largest absolute Gasteiger partial charge is 0.369 e. The molecule has 1 aliphatic heterocycles. The van der Waals surface area contributed by atoms with E-state index < -0.39 is 0 Å². The Labute approximate surface area is 170 Å². The second kappa shape index (κ2) is 7.89. The molecule has 4 rings (SSSR count). The highest BCUT2D eigenvalue weighted by molar-refractivity contribution is 7.22. The van der Waals surface area contributed by atoms with Crippen molar-refractivity contribution in [3.63, 3.8) is 0 Å². The van der Waals surface area contributed by atoms with Gasteiger partial charge in [0.1, 0.15) is 0 Å². The Kier molecular flexibility index (Phi) is 5.33. The Hall–Kier alpha value is -2.44. The first-order chi connectivity index (χ1) is 13.5. The molecule has 0 aliphatic carbocycles. The van der Waals surface area contributed by atoms with Crippen LogP contribution in [0.5, 0.6) is 0 Å². The van der Waals surface area contributed by atoms with Crippen LogP contribution in [0.15, 0.2) is 36.4 Å². The van der Waals surface area contributed by atoms with Gasteiger partial charge < -0.3 is 10.2 Å². The van der Waals surface area contributed by atoms with Crippen LogP contribution in [0, 0.1) is 20.8 Å². The van der Waals surface area contributed by atoms with Gasteiger partial charge in [0.15, 0.2) is 5.13 Å². The monoisotopic (exact) mass is 394 g/mol. The van der Waals surface area contributed by atoms with Crippen LogP contribution in [0.1, 0.15) is 16.7 Å². The van der Waals surface area contributed by atoms with E-state index in [9.17, 15) is 4.79 Å². The minimum atomic E-state index is 0.0102. The second-order valence-corrected chi connectivity index (χ2v) is 8.55. The minimum Gasteiger partial charge on any atom is -0.369 e. The summed E-state index contributed by atoms with van der Waals surface area (Å²) >= 11 is 1.53. The van der Waals surface area contributed by atoms with E-state index in [2.05, 4.69) is 65.1 Å². The number of thiazole rings is 1. The lowest BCUT2D eigenvalue weighted by Crippen LogP contribution is -2.48. The van der Waals surface area contributed by atoms with Gasteiger partial charge in [-0.2, -0.15) is 0 Å². The third kappa shape index (κ3) is 4.03. The summed E-state index contributed by atoms with van der Waals surface area (Å²) in [6.45, 7) is 10.5. The van der Waals surface area contributed by atoms with Crippen LogP contribution < -0.4 is 10.2 Å². The van der Waals surface area contributed by atoms with Crippen LogP contribution >= 0.6 is 11.3 Å². The second-order valence-electron chi connectivity index (χ2n) is 7.52. The zero-order valence-electron chi connectivity index (χ0n) is 16.7. The van der Waals surface area contributed by atoms with Gasteiger partial charge in [-0.25, -0.2) is 4.98 Å².